The molecule has 18 heavy (non-hydrogen) atoms. The van der Waals surface area contributed by atoms with E-state index in [1.807, 2.05) is 14.0 Å². The zero-order chi connectivity index (χ0) is 13.5. The minimum absolute atomic E-state index is 0.0456. The van der Waals surface area contributed by atoms with E-state index in [4.69, 9.17) is 10.5 Å². The molecule has 6 heteroatoms. The SMILES string of the molecule is CCOCCN(C)Cc1ccc([N+](=O)[O-])c(N)c1. The zero-order valence-corrected chi connectivity index (χ0v) is 10.8. The van der Waals surface area contributed by atoms with Crippen molar-refractivity contribution in [1.29, 1.82) is 0 Å². The molecule has 0 amide bonds. The summed E-state index contributed by atoms with van der Waals surface area (Å²) >= 11 is 0. The number of nitrogen functional groups attached to an aromatic ring is 1. The number of rotatable bonds is 7. The van der Waals surface area contributed by atoms with Crippen LogP contribution < -0.4 is 5.73 Å². The number of nitro benzene ring substituents is 1. The Labute approximate surface area is 106 Å². The second-order valence-corrected chi connectivity index (χ2v) is 4.08. The molecule has 2 N–H and O–H groups in total. The summed E-state index contributed by atoms with van der Waals surface area (Å²) in [5.74, 6) is 0. The van der Waals surface area contributed by atoms with Crippen molar-refractivity contribution in [3.63, 3.8) is 0 Å². The van der Waals surface area contributed by atoms with E-state index >= 15 is 0 Å². The number of hydrogen-bond donors (Lipinski definition) is 1. The lowest BCUT2D eigenvalue weighted by Gasteiger charge is -2.16. The average molecular weight is 253 g/mol. The summed E-state index contributed by atoms with van der Waals surface area (Å²) in [6, 6.07) is 4.82. The van der Waals surface area contributed by atoms with Gasteiger partial charge in [-0.15, -0.1) is 0 Å². The van der Waals surface area contributed by atoms with Gasteiger partial charge in [0.05, 0.1) is 11.5 Å². The summed E-state index contributed by atoms with van der Waals surface area (Å²) < 4.78 is 5.26. The standard InChI is InChI=1S/C12H19N3O3/c1-3-18-7-6-14(2)9-10-4-5-12(15(16)17)11(13)8-10/h4-5,8H,3,6-7,9,13H2,1-2H3. The van der Waals surface area contributed by atoms with Gasteiger partial charge in [-0.1, -0.05) is 6.07 Å². The van der Waals surface area contributed by atoms with Crippen molar-refractivity contribution in [3.05, 3.63) is 33.9 Å². The number of benzene rings is 1. The van der Waals surface area contributed by atoms with Crippen LogP contribution in [0.4, 0.5) is 11.4 Å². The second-order valence-electron chi connectivity index (χ2n) is 4.08. The van der Waals surface area contributed by atoms with Crippen LogP contribution in [0.15, 0.2) is 18.2 Å². The van der Waals surface area contributed by atoms with Crippen molar-refractivity contribution >= 4 is 11.4 Å². The van der Waals surface area contributed by atoms with E-state index in [9.17, 15) is 10.1 Å². The number of nitro groups is 1. The molecule has 0 saturated heterocycles. The number of nitrogens with zero attached hydrogens (tertiary/aromatic N) is 2. The summed E-state index contributed by atoms with van der Waals surface area (Å²) in [6.45, 7) is 4.84. The van der Waals surface area contributed by atoms with Crippen molar-refractivity contribution in [2.75, 3.05) is 32.5 Å². The first kappa shape index (κ1) is 14.4. The maximum atomic E-state index is 10.6. The quantitative estimate of drug-likeness (QED) is 0.346. The van der Waals surface area contributed by atoms with Gasteiger partial charge in [-0.05, 0) is 25.6 Å². The Kier molecular flexibility index (Phi) is 5.54. The van der Waals surface area contributed by atoms with E-state index in [1.165, 1.54) is 6.07 Å². The largest absolute Gasteiger partial charge is 0.393 e. The fourth-order valence-electron chi connectivity index (χ4n) is 1.62. The number of likely N-dealkylation sites (N-methyl/N-ethyl adjacent to an activating group) is 1. The monoisotopic (exact) mass is 253 g/mol. The predicted octanol–water partition coefficient (Wildman–Crippen LogP) is 1.65. The first-order chi connectivity index (χ1) is 8.54. The second kappa shape index (κ2) is 6.93. The van der Waals surface area contributed by atoms with Crippen LogP contribution in [0.3, 0.4) is 0 Å². The number of anilines is 1. The lowest BCUT2D eigenvalue weighted by atomic mass is 10.1. The van der Waals surface area contributed by atoms with Gasteiger partial charge in [-0.3, -0.25) is 15.0 Å². The van der Waals surface area contributed by atoms with Crippen molar-refractivity contribution in [2.45, 2.75) is 13.5 Å². The molecule has 0 aliphatic carbocycles. The topological polar surface area (TPSA) is 81.6 Å². The van der Waals surface area contributed by atoms with Crippen LogP contribution in [0.25, 0.3) is 0 Å². The van der Waals surface area contributed by atoms with Gasteiger partial charge < -0.3 is 10.5 Å². The average Bonchev–Trinajstić information content (AvgIpc) is 2.28. The van der Waals surface area contributed by atoms with Gasteiger partial charge in [0.2, 0.25) is 0 Å². The van der Waals surface area contributed by atoms with Crippen LogP contribution >= 0.6 is 0 Å². The Bertz CT molecular complexity index is 410. The van der Waals surface area contributed by atoms with Gasteiger partial charge in [-0.25, -0.2) is 0 Å². The minimum Gasteiger partial charge on any atom is -0.393 e. The van der Waals surface area contributed by atoms with Gasteiger partial charge in [-0.2, -0.15) is 0 Å². The van der Waals surface area contributed by atoms with E-state index in [-0.39, 0.29) is 11.4 Å². The van der Waals surface area contributed by atoms with Crippen molar-refractivity contribution in [3.8, 4) is 0 Å². The van der Waals surface area contributed by atoms with Gasteiger partial charge in [0.25, 0.3) is 5.69 Å². The molecule has 1 aromatic rings. The van der Waals surface area contributed by atoms with E-state index < -0.39 is 4.92 Å². The van der Waals surface area contributed by atoms with Crippen molar-refractivity contribution in [1.82, 2.24) is 4.90 Å². The molecule has 0 spiro atoms. The smallest absolute Gasteiger partial charge is 0.292 e. The maximum absolute atomic E-state index is 10.6. The van der Waals surface area contributed by atoms with Crippen LogP contribution in [-0.4, -0.2) is 36.6 Å². The number of ether oxygens (including phenoxy) is 1. The molecule has 0 aliphatic heterocycles. The normalized spacial score (nSPS) is 10.8. The zero-order valence-electron chi connectivity index (χ0n) is 10.8. The van der Waals surface area contributed by atoms with E-state index in [1.54, 1.807) is 12.1 Å². The van der Waals surface area contributed by atoms with Gasteiger partial charge >= 0.3 is 0 Å². The highest BCUT2D eigenvalue weighted by molar-refractivity contribution is 5.59. The van der Waals surface area contributed by atoms with Crippen molar-refractivity contribution in [2.24, 2.45) is 0 Å². The molecular formula is C12H19N3O3. The highest BCUT2D eigenvalue weighted by Crippen LogP contribution is 2.22. The summed E-state index contributed by atoms with van der Waals surface area (Å²) in [5.41, 5.74) is 6.75. The van der Waals surface area contributed by atoms with Crippen LogP contribution in [0, 0.1) is 10.1 Å². The van der Waals surface area contributed by atoms with E-state index in [0.29, 0.717) is 19.8 Å². The van der Waals surface area contributed by atoms with Crippen LogP contribution in [0.2, 0.25) is 0 Å². The number of hydrogen-bond acceptors (Lipinski definition) is 5. The maximum Gasteiger partial charge on any atom is 0.292 e. The molecule has 0 aliphatic rings. The lowest BCUT2D eigenvalue weighted by molar-refractivity contribution is -0.383. The molecular weight excluding hydrogens is 234 g/mol. The molecule has 0 aromatic heterocycles. The fraction of sp³-hybridized carbons (Fsp3) is 0.500. The third-order valence-corrected chi connectivity index (χ3v) is 2.56. The fourth-order valence-corrected chi connectivity index (χ4v) is 1.62. The highest BCUT2D eigenvalue weighted by Gasteiger charge is 2.11. The summed E-state index contributed by atoms with van der Waals surface area (Å²) in [7, 11) is 1.97. The predicted molar refractivity (Wildman–Crippen MR) is 70.3 cm³/mol. The summed E-state index contributed by atoms with van der Waals surface area (Å²) in [5, 5.41) is 10.6. The summed E-state index contributed by atoms with van der Waals surface area (Å²) in [4.78, 5) is 12.2. The molecule has 0 radical (unpaired) electrons. The molecule has 1 rings (SSSR count). The molecule has 0 atom stereocenters. The molecule has 0 saturated carbocycles. The molecule has 0 unspecified atom stereocenters. The molecule has 0 bridgehead atoms. The molecule has 6 nitrogen and oxygen atoms in total. The number of nitrogens with two attached hydrogens (primary N) is 1. The van der Waals surface area contributed by atoms with Crippen molar-refractivity contribution < 1.29 is 9.66 Å². The summed E-state index contributed by atoms with van der Waals surface area (Å²) in [6.07, 6.45) is 0. The Morgan fingerprint density at radius 2 is 2.22 bits per heavy atom. The Morgan fingerprint density at radius 1 is 1.50 bits per heavy atom. The van der Waals surface area contributed by atoms with Gasteiger partial charge in [0.15, 0.2) is 0 Å². The van der Waals surface area contributed by atoms with Crippen LogP contribution in [0.5, 0.6) is 0 Å². The Balaban J connectivity index is 2.57. The molecule has 0 heterocycles. The first-order valence-corrected chi connectivity index (χ1v) is 5.83. The van der Waals surface area contributed by atoms with Gasteiger partial charge in [0, 0.05) is 25.8 Å². The lowest BCUT2D eigenvalue weighted by Crippen LogP contribution is -2.22. The minimum atomic E-state index is -0.474. The third-order valence-electron chi connectivity index (χ3n) is 2.56. The highest BCUT2D eigenvalue weighted by atomic mass is 16.6. The Hall–Kier alpha value is -1.66. The first-order valence-electron chi connectivity index (χ1n) is 5.83. The van der Waals surface area contributed by atoms with E-state index in [2.05, 4.69) is 4.90 Å². The Morgan fingerprint density at radius 3 is 2.78 bits per heavy atom. The van der Waals surface area contributed by atoms with E-state index in [0.717, 1.165) is 12.1 Å². The van der Waals surface area contributed by atoms with Gasteiger partial charge in [0.1, 0.15) is 5.69 Å². The molecule has 0 fully saturated rings. The molecule has 1 aromatic carbocycles. The third kappa shape index (κ3) is 4.31. The van der Waals surface area contributed by atoms with Crippen LogP contribution in [0.1, 0.15) is 12.5 Å². The molecule has 100 valence electrons. The van der Waals surface area contributed by atoms with Crippen LogP contribution in [-0.2, 0) is 11.3 Å².